The first-order valence-electron chi connectivity index (χ1n) is 4.17. The number of esters is 1. The van der Waals surface area contributed by atoms with Crippen molar-refractivity contribution in [3.63, 3.8) is 0 Å². The Balaban J connectivity index is 3.18. The molecule has 1 aromatic carbocycles. The summed E-state index contributed by atoms with van der Waals surface area (Å²) in [7, 11) is 1.52. The lowest BCUT2D eigenvalue weighted by atomic mass is 10.2. The fourth-order valence-electron chi connectivity index (χ4n) is 1.11. The number of benzene rings is 1. The van der Waals surface area contributed by atoms with E-state index in [0.717, 1.165) is 5.56 Å². The second kappa shape index (κ2) is 4.46. The summed E-state index contributed by atoms with van der Waals surface area (Å²) >= 11 is 0. The van der Waals surface area contributed by atoms with Gasteiger partial charge in [-0.3, -0.25) is 4.79 Å². The molecular formula is C11H12O3. The Kier molecular flexibility index (Phi) is 3.29. The highest BCUT2D eigenvalue weighted by Crippen LogP contribution is 2.31. The van der Waals surface area contributed by atoms with Gasteiger partial charge in [-0.1, -0.05) is 24.8 Å². The molecule has 3 nitrogen and oxygen atoms in total. The number of carbonyl (C=O) groups is 1. The molecule has 0 radical (unpaired) electrons. The summed E-state index contributed by atoms with van der Waals surface area (Å²) in [5, 5.41) is 0. The number of rotatable bonds is 3. The van der Waals surface area contributed by atoms with Gasteiger partial charge in [0.15, 0.2) is 11.5 Å². The first-order valence-corrected chi connectivity index (χ1v) is 4.17. The van der Waals surface area contributed by atoms with Gasteiger partial charge >= 0.3 is 5.97 Å². The van der Waals surface area contributed by atoms with Crippen molar-refractivity contribution in [3.05, 3.63) is 30.3 Å². The molecule has 0 bridgehead atoms. The SMILES string of the molecule is C=Cc1cccc(OC)c1OC(C)=O. The van der Waals surface area contributed by atoms with Crippen molar-refractivity contribution >= 4 is 12.0 Å². The molecule has 0 aromatic heterocycles. The van der Waals surface area contributed by atoms with Crippen LogP contribution >= 0.6 is 0 Å². The van der Waals surface area contributed by atoms with E-state index in [1.165, 1.54) is 14.0 Å². The highest BCUT2D eigenvalue weighted by molar-refractivity contribution is 5.73. The van der Waals surface area contributed by atoms with E-state index in [9.17, 15) is 4.79 Å². The zero-order valence-corrected chi connectivity index (χ0v) is 8.24. The van der Waals surface area contributed by atoms with Crippen molar-refractivity contribution in [1.82, 2.24) is 0 Å². The predicted octanol–water partition coefficient (Wildman–Crippen LogP) is 2.26. The number of methoxy groups -OCH3 is 1. The summed E-state index contributed by atoms with van der Waals surface area (Å²) < 4.78 is 10.1. The predicted molar refractivity (Wildman–Crippen MR) is 54.4 cm³/mol. The van der Waals surface area contributed by atoms with Crippen molar-refractivity contribution in [2.45, 2.75) is 6.92 Å². The maximum atomic E-state index is 10.8. The average Bonchev–Trinajstić information content (AvgIpc) is 2.17. The summed E-state index contributed by atoms with van der Waals surface area (Å²) in [5.41, 5.74) is 0.736. The third-order valence-corrected chi connectivity index (χ3v) is 1.69. The van der Waals surface area contributed by atoms with Gasteiger partial charge in [0.1, 0.15) is 0 Å². The van der Waals surface area contributed by atoms with E-state index >= 15 is 0 Å². The molecule has 0 N–H and O–H groups in total. The Hall–Kier alpha value is -1.77. The fraction of sp³-hybridized carbons (Fsp3) is 0.182. The Morgan fingerprint density at radius 2 is 2.21 bits per heavy atom. The molecule has 0 heterocycles. The number of hydrogen-bond donors (Lipinski definition) is 0. The largest absolute Gasteiger partial charge is 0.493 e. The second-order valence-corrected chi connectivity index (χ2v) is 2.68. The van der Waals surface area contributed by atoms with Crippen molar-refractivity contribution in [2.75, 3.05) is 7.11 Å². The zero-order valence-electron chi connectivity index (χ0n) is 8.24. The quantitative estimate of drug-likeness (QED) is 0.544. The van der Waals surface area contributed by atoms with Crippen molar-refractivity contribution in [1.29, 1.82) is 0 Å². The molecule has 0 aliphatic carbocycles. The average molecular weight is 192 g/mol. The maximum absolute atomic E-state index is 10.8. The lowest BCUT2D eigenvalue weighted by Gasteiger charge is -2.10. The lowest BCUT2D eigenvalue weighted by molar-refractivity contribution is -0.132. The summed E-state index contributed by atoms with van der Waals surface area (Å²) in [6, 6.07) is 5.34. The minimum Gasteiger partial charge on any atom is -0.493 e. The fourth-order valence-corrected chi connectivity index (χ4v) is 1.11. The van der Waals surface area contributed by atoms with Crippen molar-refractivity contribution in [2.24, 2.45) is 0 Å². The standard InChI is InChI=1S/C11H12O3/c1-4-9-6-5-7-10(13-3)11(9)14-8(2)12/h4-7H,1H2,2-3H3. The summed E-state index contributed by atoms with van der Waals surface area (Å²) in [6.45, 7) is 4.97. The van der Waals surface area contributed by atoms with Crippen LogP contribution in [0.4, 0.5) is 0 Å². The van der Waals surface area contributed by atoms with Crippen LogP contribution in [0.3, 0.4) is 0 Å². The molecule has 0 atom stereocenters. The molecule has 1 rings (SSSR count). The number of ether oxygens (including phenoxy) is 2. The van der Waals surface area contributed by atoms with Gasteiger partial charge in [0.2, 0.25) is 0 Å². The third kappa shape index (κ3) is 2.13. The van der Waals surface area contributed by atoms with E-state index in [1.54, 1.807) is 18.2 Å². The maximum Gasteiger partial charge on any atom is 0.308 e. The molecular weight excluding hydrogens is 180 g/mol. The van der Waals surface area contributed by atoms with Gasteiger partial charge in [0, 0.05) is 12.5 Å². The molecule has 14 heavy (non-hydrogen) atoms. The van der Waals surface area contributed by atoms with E-state index in [1.807, 2.05) is 6.07 Å². The van der Waals surface area contributed by atoms with Gasteiger partial charge in [-0.15, -0.1) is 0 Å². The van der Waals surface area contributed by atoms with Crippen LogP contribution in [0.15, 0.2) is 24.8 Å². The molecule has 1 aromatic rings. The topological polar surface area (TPSA) is 35.5 Å². The van der Waals surface area contributed by atoms with E-state index < -0.39 is 0 Å². The number of para-hydroxylation sites is 1. The Bertz CT molecular complexity index is 356. The molecule has 0 fully saturated rings. The number of carbonyl (C=O) groups excluding carboxylic acids is 1. The van der Waals surface area contributed by atoms with Crippen LogP contribution in [-0.4, -0.2) is 13.1 Å². The van der Waals surface area contributed by atoms with E-state index in [-0.39, 0.29) is 5.97 Å². The van der Waals surface area contributed by atoms with E-state index in [0.29, 0.717) is 11.5 Å². The first kappa shape index (κ1) is 10.3. The molecule has 0 amide bonds. The van der Waals surface area contributed by atoms with Crippen LogP contribution < -0.4 is 9.47 Å². The molecule has 0 aliphatic rings. The van der Waals surface area contributed by atoms with Gasteiger partial charge < -0.3 is 9.47 Å². The van der Waals surface area contributed by atoms with Crippen LogP contribution in [0.2, 0.25) is 0 Å². The van der Waals surface area contributed by atoms with Gasteiger partial charge in [-0.2, -0.15) is 0 Å². The molecule has 0 aliphatic heterocycles. The summed E-state index contributed by atoms with van der Waals surface area (Å²) in [5.74, 6) is 0.563. The minimum atomic E-state index is -0.377. The first-order chi connectivity index (χ1) is 6.69. The zero-order chi connectivity index (χ0) is 10.6. The van der Waals surface area contributed by atoms with Crippen LogP contribution in [0, 0.1) is 0 Å². The molecule has 74 valence electrons. The second-order valence-electron chi connectivity index (χ2n) is 2.68. The monoisotopic (exact) mass is 192 g/mol. The van der Waals surface area contributed by atoms with Gasteiger partial charge in [-0.05, 0) is 6.07 Å². The molecule has 0 unspecified atom stereocenters. The van der Waals surface area contributed by atoms with Gasteiger partial charge in [-0.25, -0.2) is 0 Å². The number of hydrogen-bond acceptors (Lipinski definition) is 3. The molecule has 0 saturated heterocycles. The summed E-state index contributed by atoms with van der Waals surface area (Å²) in [6.07, 6.45) is 1.61. The normalized spacial score (nSPS) is 9.29. The molecule has 3 heteroatoms. The van der Waals surface area contributed by atoms with Gasteiger partial charge in [0.05, 0.1) is 7.11 Å². The lowest BCUT2D eigenvalue weighted by Crippen LogP contribution is -2.04. The summed E-state index contributed by atoms with van der Waals surface area (Å²) in [4.78, 5) is 10.8. The van der Waals surface area contributed by atoms with Crippen LogP contribution in [0.1, 0.15) is 12.5 Å². The Morgan fingerprint density at radius 1 is 1.50 bits per heavy atom. The van der Waals surface area contributed by atoms with Crippen LogP contribution in [0.25, 0.3) is 6.08 Å². The van der Waals surface area contributed by atoms with Crippen molar-refractivity contribution in [3.8, 4) is 11.5 Å². The molecule has 0 saturated carbocycles. The third-order valence-electron chi connectivity index (χ3n) is 1.69. The Morgan fingerprint density at radius 3 is 2.71 bits per heavy atom. The minimum absolute atomic E-state index is 0.377. The smallest absolute Gasteiger partial charge is 0.308 e. The Labute approximate surface area is 83.0 Å². The highest BCUT2D eigenvalue weighted by atomic mass is 16.6. The van der Waals surface area contributed by atoms with Crippen LogP contribution in [0.5, 0.6) is 11.5 Å². The van der Waals surface area contributed by atoms with E-state index in [2.05, 4.69) is 6.58 Å². The molecule has 0 spiro atoms. The van der Waals surface area contributed by atoms with E-state index in [4.69, 9.17) is 9.47 Å². The highest BCUT2D eigenvalue weighted by Gasteiger charge is 2.09. The van der Waals surface area contributed by atoms with Gasteiger partial charge in [0.25, 0.3) is 0 Å². The van der Waals surface area contributed by atoms with Crippen molar-refractivity contribution < 1.29 is 14.3 Å². The van der Waals surface area contributed by atoms with Crippen LogP contribution in [-0.2, 0) is 4.79 Å².